The predicted molar refractivity (Wildman–Crippen MR) is 78.2 cm³/mol. The third kappa shape index (κ3) is 3.43. The van der Waals surface area contributed by atoms with Crippen LogP contribution in [0.5, 0.6) is 11.5 Å². The Bertz CT molecular complexity index is 502. The molecule has 0 aliphatic heterocycles. The van der Waals surface area contributed by atoms with E-state index < -0.39 is 12.0 Å². The second kappa shape index (κ2) is 6.45. The third-order valence-corrected chi connectivity index (χ3v) is 4.05. The van der Waals surface area contributed by atoms with Gasteiger partial charge in [-0.05, 0) is 46.8 Å². The zero-order valence-electron chi connectivity index (χ0n) is 11.5. The van der Waals surface area contributed by atoms with Crippen LogP contribution < -0.4 is 14.8 Å². The second-order valence-electron chi connectivity index (χ2n) is 4.83. The molecule has 1 atom stereocenters. The zero-order valence-corrected chi connectivity index (χ0v) is 13.1. The number of carbonyl (C=O) groups is 1. The fourth-order valence-electron chi connectivity index (χ4n) is 2.17. The molecule has 2 rings (SSSR count). The molecule has 0 amide bonds. The average Bonchev–Trinajstić information content (AvgIpc) is 3.24. The Morgan fingerprint density at radius 2 is 2.05 bits per heavy atom. The Morgan fingerprint density at radius 3 is 2.55 bits per heavy atom. The molecular weight excluding hydrogens is 326 g/mol. The fourth-order valence-corrected chi connectivity index (χ4v) is 2.65. The number of halogens is 1. The normalized spacial score (nSPS) is 15.8. The van der Waals surface area contributed by atoms with Crippen LogP contribution in [0.15, 0.2) is 16.6 Å². The van der Waals surface area contributed by atoms with Gasteiger partial charge in [-0.3, -0.25) is 10.1 Å². The van der Waals surface area contributed by atoms with Crippen molar-refractivity contribution in [2.24, 2.45) is 5.92 Å². The van der Waals surface area contributed by atoms with Gasteiger partial charge >= 0.3 is 5.97 Å². The number of aliphatic carboxylic acids is 1. The predicted octanol–water partition coefficient (Wildman–Crippen LogP) is 2.42. The molecule has 1 saturated carbocycles. The molecule has 0 heterocycles. The summed E-state index contributed by atoms with van der Waals surface area (Å²) >= 11 is 3.40. The Morgan fingerprint density at radius 1 is 1.40 bits per heavy atom. The van der Waals surface area contributed by atoms with Crippen LogP contribution >= 0.6 is 15.9 Å². The van der Waals surface area contributed by atoms with Gasteiger partial charge in [-0.1, -0.05) is 0 Å². The summed E-state index contributed by atoms with van der Waals surface area (Å²) in [4.78, 5) is 11.2. The van der Waals surface area contributed by atoms with Gasteiger partial charge in [-0.25, -0.2) is 0 Å². The highest BCUT2D eigenvalue weighted by molar-refractivity contribution is 9.10. The molecule has 0 bridgehead atoms. The molecule has 1 fully saturated rings. The summed E-state index contributed by atoms with van der Waals surface area (Å²) in [7, 11) is 3.18. The summed E-state index contributed by atoms with van der Waals surface area (Å²) < 4.78 is 11.4. The SMILES string of the molecule is COc1cc(CNC(C(=O)O)C2CC2)c(OC)cc1Br. The number of hydrogen-bond acceptors (Lipinski definition) is 4. The quantitative estimate of drug-likeness (QED) is 0.795. The molecule has 1 unspecified atom stereocenters. The third-order valence-electron chi connectivity index (χ3n) is 3.43. The number of carboxylic acid groups (broad SMARTS) is 1. The largest absolute Gasteiger partial charge is 0.496 e. The summed E-state index contributed by atoms with van der Waals surface area (Å²) in [5.74, 6) is 0.845. The van der Waals surface area contributed by atoms with Crippen LogP contribution in [0.2, 0.25) is 0 Å². The molecule has 1 aliphatic rings. The molecule has 20 heavy (non-hydrogen) atoms. The first kappa shape index (κ1) is 15.1. The van der Waals surface area contributed by atoms with E-state index in [0.717, 1.165) is 22.9 Å². The summed E-state index contributed by atoms with van der Waals surface area (Å²) in [5.41, 5.74) is 0.874. The van der Waals surface area contributed by atoms with Crippen LogP contribution in [0.25, 0.3) is 0 Å². The number of rotatable bonds is 7. The van der Waals surface area contributed by atoms with Crippen LogP contribution in [-0.4, -0.2) is 31.3 Å². The topological polar surface area (TPSA) is 67.8 Å². The molecule has 1 aromatic rings. The van der Waals surface area contributed by atoms with E-state index in [1.807, 2.05) is 12.1 Å². The van der Waals surface area contributed by atoms with E-state index in [4.69, 9.17) is 9.47 Å². The van der Waals surface area contributed by atoms with Gasteiger partial charge in [-0.15, -0.1) is 0 Å². The van der Waals surface area contributed by atoms with Crippen molar-refractivity contribution in [2.45, 2.75) is 25.4 Å². The monoisotopic (exact) mass is 343 g/mol. The number of hydrogen-bond donors (Lipinski definition) is 2. The maximum absolute atomic E-state index is 11.2. The van der Waals surface area contributed by atoms with Crippen molar-refractivity contribution < 1.29 is 19.4 Å². The number of ether oxygens (including phenoxy) is 2. The molecule has 1 aromatic carbocycles. The molecule has 6 heteroatoms. The summed E-state index contributed by atoms with van der Waals surface area (Å²) in [6.07, 6.45) is 1.95. The van der Waals surface area contributed by atoms with Crippen molar-refractivity contribution in [1.82, 2.24) is 5.32 Å². The highest BCUT2D eigenvalue weighted by Crippen LogP contribution is 2.35. The highest BCUT2D eigenvalue weighted by Gasteiger charge is 2.35. The lowest BCUT2D eigenvalue weighted by atomic mass is 10.1. The maximum atomic E-state index is 11.2. The molecular formula is C14H18BrNO4. The second-order valence-corrected chi connectivity index (χ2v) is 5.69. The van der Waals surface area contributed by atoms with E-state index in [2.05, 4.69) is 21.2 Å². The minimum absolute atomic E-state index is 0.246. The van der Waals surface area contributed by atoms with Gasteiger partial charge in [0.15, 0.2) is 0 Å². The first-order chi connectivity index (χ1) is 9.56. The van der Waals surface area contributed by atoms with Crippen molar-refractivity contribution in [2.75, 3.05) is 14.2 Å². The molecule has 0 radical (unpaired) electrons. The van der Waals surface area contributed by atoms with E-state index in [1.54, 1.807) is 14.2 Å². The minimum atomic E-state index is -0.796. The summed E-state index contributed by atoms with van der Waals surface area (Å²) in [6.45, 7) is 0.431. The van der Waals surface area contributed by atoms with Gasteiger partial charge < -0.3 is 14.6 Å². The summed E-state index contributed by atoms with van der Waals surface area (Å²) in [6, 6.07) is 3.18. The molecule has 0 saturated heterocycles. The van der Waals surface area contributed by atoms with Crippen molar-refractivity contribution in [3.05, 3.63) is 22.2 Å². The van der Waals surface area contributed by atoms with Crippen LogP contribution in [0.4, 0.5) is 0 Å². The molecule has 1 aliphatic carbocycles. The van der Waals surface area contributed by atoms with Gasteiger partial charge in [-0.2, -0.15) is 0 Å². The van der Waals surface area contributed by atoms with E-state index in [-0.39, 0.29) is 5.92 Å². The fraction of sp³-hybridized carbons (Fsp3) is 0.500. The van der Waals surface area contributed by atoms with Gasteiger partial charge in [0, 0.05) is 12.1 Å². The van der Waals surface area contributed by atoms with Gasteiger partial charge in [0.1, 0.15) is 17.5 Å². The number of nitrogens with one attached hydrogen (secondary N) is 1. The molecule has 2 N–H and O–H groups in total. The van der Waals surface area contributed by atoms with E-state index >= 15 is 0 Å². The molecule has 5 nitrogen and oxygen atoms in total. The van der Waals surface area contributed by atoms with E-state index in [0.29, 0.717) is 18.0 Å². The number of carboxylic acids is 1. The van der Waals surface area contributed by atoms with Crippen molar-refractivity contribution in [1.29, 1.82) is 0 Å². The van der Waals surface area contributed by atoms with E-state index in [1.165, 1.54) is 0 Å². The van der Waals surface area contributed by atoms with Crippen LogP contribution in [0, 0.1) is 5.92 Å². The van der Waals surface area contributed by atoms with Crippen molar-refractivity contribution in [3.63, 3.8) is 0 Å². The lowest BCUT2D eigenvalue weighted by Crippen LogP contribution is -2.38. The Balaban J connectivity index is 2.13. The van der Waals surface area contributed by atoms with Crippen molar-refractivity contribution in [3.8, 4) is 11.5 Å². The number of methoxy groups -OCH3 is 2. The van der Waals surface area contributed by atoms with Gasteiger partial charge in [0.2, 0.25) is 0 Å². The van der Waals surface area contributed by atoms with Crippen molar-refractivity contribution >= 4 is 21.9 Å². The maximum Gasteiger partial charge on any atom is 0.320 e. The first-order valence-electron chi connectivity index (χ1n) is 6.43. The zero-order chi connectivity index (χ0) is 14.7. The van der Waals surface area contributed by atoms with Crippen LogP contribution in [0.1, 0.15) is 18.4 Å². The number of benzene rings is 1. The minimum Gasteiger partial charge on any atom is -0.496 e. The molecule has 0 spiro atoms. The average molecular weight is 344 g/mol. The Labute approximate surface area is 126 Å². The van der Waals surface area contributed by atoms with Crippen LogP contribution in [-0.2, 0) is 11.3 Å². The molecule has 110 valence electrons. The lowest BCUT2D eigenvalue weighted by molar-refractivity contribution is -0.140. The van der Waals surface area contributed by atoms with Gasteiger partial charge in [0.05, 0.1) is 18.7 Å². The Hall–Kier alpha value is -1.27. The highest BCUT2D eigenvalue weighted by atomic mass is 79.9. The lowest BCUT2D eigenvalue weighted by Gasteiger charge is -2.16. The van der Waals surface area contributed by atoms with E-state index in [9.17, 15) is 9.90 Å². The first-order valence-corrected chi connectivity index (χ1v) is 7.22. The smallest absolute Gasteiger partial charge is 0.320 e. The standard InChI is InChI=1S/C14H18BrNO4/c1-19-11-6-10(15)12(20-2)5-9(11)7-16-13(14(17)18)8-3-4-8/h5-6,8,13,16H,3-4,7H2,1-2H3,(H,17,18). The van der Waals surface area contributed by atoms with Crippen LogP contribution in [0.3, 0.4) is 0 Å². The Kier molecular flexibility index (Phi) is 4.88. The van der Waals surface area contributed by atoms with Gasteiger partial charge in [0.25, 0.3) is 0 Å². The molecule has 0 aromatic heterocycles. The summed E-state index contributed by atoms with van der Waals surface area (Å²) in [5, 5.41) is 12.3.